The molecule has 0 spiro atoms. The lowest BCUT2D eigenvalue weighted by molar-refractivity contribution is -0.115. The highest BCUT2D eigenvalue weighted by molar-refractivity contribution is 8.00. The van der Waals surface area contributed by atoms with E-state index in [4.69, 9.17) is 5.73 Å². The molecule has 0 fully saturated rings. The summed E-state index contributed by atoms with van der Waals surface area (Å²) in [7, 11) is 0. The zero-order valence-electron chi connectivity index (χ0n) is 20.1. The monoisotopic (exact) mass is 512 g/mol. The van der Waals surface area contributed by atoms with Crippen molar-refractivity contribution in [1.82, 2.24) is 9.97 Å². The third kappa shape index (κ3) is 5.03. The molecule has 180 valence electrons. The Bertz CT molecular complexity index is 1480. The van der Waals surface area contributed by atoms with Gasteiger partial charge in [-0.3, -0.25) is 4.79 Å². The van der Waals surface area contributed by atoms with Crippen molar-refractivity contribution in [3.05, 3.63) is 65.2 Å². The number of fused-ring (bicyclic) bond motifs is 1. The van der Waals surface area contributed by atoms with Gasteiger partial charge in [0.2, 0.25) is 5.91 Å². The Hall–Kier alpha value is -3.92. The number of carbonyl (C=O) groups excluding carboxylic acids is 1. The number of thioether (sulfide) groups is 1. The molecule has 0 saturated heterocycles. The third-order valence-electron chi connectivity index (χ3n) is 5.72. The molecule has 0 aliphatic rings. The van der Waals surface area contributed by atoms with Gasteiger partial charge < -0.3 is 11.1 Å². The first-order valence-electron chi connectivity index (χ1n) is 11.4. The van der Waals surface area contributed by atoms with Crippen LogP contribution in [0.2, 0.25) is 0 Å². The van der Waals surface area contributed by atoms with E-state index < -0.39 is 5.25 Å². The van der Waals surface area contributed by atoms with Gasteiger partial charge >= 0.3 is 0 Å². The van der Waals surface area contributed by atoms with Gasteiger partial charge in [-0.2, -0.15) is 10.5 Å². The summed E-state index contributed by atoms with van der Waals surface area (Å²) in [6, 6.07) is 19.7. The van der Waals surface area contributed by atoms with Crippen molar-refractivity contribution in [1.29, 1.82) is 10.5 Å². The lowest BCUT2D eigenvalue weighted by Crippen LogP contribution is -2.25. The summed E-state index contributed by atoms with van der Waals surface area (Å²) in [5.74, 6) is 0.138. The van der Waals surface area contributed by atoms with Crippen LogP contribution in [0.1, 0.15) is 49.8 Å². The molecule has 0 bridgehead atoms. The van der Waals surface area contributed by atoms with E-state index in [1.54, 1.807) is 0 Å². The highest BCUT2D eigenvalue weighted by Crippen LogP contribution is 2.38. The van der Waals surface area contributed by atoms with Gasteiger partial charge in [0.25, 0.3) is 0 Å². The van der Waals surface area contributed by atoms with Crippen molar-refractivity contribution in [3.63, 3.8) is 0 Å². The number of hydrogen-bond donors (Lipinski definition) is 2. The molecular formula is C27H24N6OS2. The Balaban J connectivity index is 1.68. The maximum Gasteiger partial charge on any atom is 0.239 e. The number of pyridine rings is 1. The second-order valence-electron chi connectivity index (χ2n) is 8.42. The minimum atomic E-state index is -0.542. The van der Waals surface area contributed by atoms with Gasteiger partial charge in [-0.25, -0.2) is 9.97 Å². The standard InChI is InChI=1S/C27H24N6OS2/c1-4-21(25(34)33-27-31-20-7-5-6-8-22(20)36-27)35-26-19(14-29)23(18(13-28)24(30)32-26)17-11-9-16(10-12-17)15(2)3/h5-12,15,21H,4H2,1-3H3,(H2,30,32)(H,31,33,34). The molecule has 2 aromatic carbocycles. The third-order valence-corrected chi connectivity index (χ3v) is 8.03. The summed E-state index contributed by atoms with van der Waals surface area (Å²) in [5, 5.41) is 23.1. The van der Waals surface area contributed by atoms with E-state index in [0.717, 1.165) is 15.8 Å². The first kappa shape index (κ1) is 25.2. The number of carbonyl (C=O) groups is 1. The minimum absolute atomic E-state index is 0.0309. The van der Waals surface area contributed by atoms with Crippen molar-refractivity contribution in [3.8, 4) is 23.3 Å². The van der Waals surface area contributed by atoms with Gasteiger partial charge in [-0.1, -0.05) is 80.3 Å². The Morgan fingerprint density at radius 3 is 2.39 bits per heavy atom. The van der Waals surface area contributed by atoms with E-state index >= 15 is 0 Å². The van der Waals surface area contributed by atoms with Crippen LogP contribution < -0.4 is 11.1 Å². The molecule has 0 saturated carbocycles. The summed E-state index contributed by atoms with van der Waals surface area (Å²) in [6.45, 7) is 6.08. The molecule has 1 amide bonds. The molecule has 4 rings (SSSR count). The van der Waals surface area contributed by atoms with Crippen LogP contribution in [0.5, 0.6) is 0 Å². The molecule has 36 heavy (non-hydrogen) atoms. The van der Waals surface area contributed by atoms with E-state index in [2.05, 4.69) is 41.3 Å². The van der Waals surface area contributed by atoms with Gasteiger partial charge in [0.15, 0.2) is 5.13 Å². The Morgan fingerprint density at radius 2 is 1.78 bits per heavy atom. The number of thiazole rings is 1. The summed E-state index contributed by atoms with van der Waals surface area (Å²) in [4.78, 5) is 22.0. The summed E-state index contributed by atoms with van der Waals surface area (Å²) >= 11 is 2.57. The molecule has 1 unspecified atom stereocenters. The molecule has 4 aromatic rings. The zero-order valence-corrected chi connectivity index (χ0v) is 21.7. The molecule has 2 aromatic heterocycles. The highest BCUT2D eigenvalue weighted by atomic mass is 32.2. The summed E-state index contributed by atoms with van der Waals surface area (Å²) in [5.41, 5.74) is 9.65. The molecule has 2 heterocycles. The van der Waals surface area contributed by atoms with Gasteiger partial charge in [-0.15, -0.1) is 0 Å². The van der Waals surface area contributed by atoms with Gasteiger partial charge in [0, 0.05) is 5.56 Å². The lowest BCUT2D eigenvalue weighted by Gasteiger charge is -2.17. The summed E-state index contributed by atoms with van der Waals surface area (Å²) < 4.78 is 0.981. The van der Waals surface area contributed by atoms with Crippen LogP contribution >= 0.6 is 23.1 Å². The van der Waals surface area contributed by atoms with Crippen LogP contribution in [0, 0.1) is 22.7 Å². The van der Waals surface area contributed by atoms with Gasteiger partial charge in [0.1, 0.15) is 28.5 Å². The molecule has 7 nitrogen and oxygen atoms in total. The number of anilines is 2. The predicted octanol–water partition coefficient (Wildman–Crippen LogP) is 6.32. The molecular weight excluding hydrogens is 488 g/mol. The van der Waals surface area contributed by atoms with Crippen LogP contribution in [0.25, 0.3) is 21.3 Å². The number of nitrogens with zero attached hydrogens (tertiary/aromatic N) is 4. The minimum Gasteiger partial charge on any atom is -0.383 e. The van der Waals surface area contributed by atoms with E-state index in [-0.39, 0.29) is 22.9 Å². The fourth-order valence-electron chi connectivity index (χ4n) is 3.78. The van der Waals surface area contributed by atoms with Crippen molar-refractivity contribution in [2.75, 3.05) is 11.1 Å². The molecule has 0 aliphatic carbocycles. The quantitative estimate of drug-likeness (QED) is 0.277. The largest absolute Gasteiger partial charge is 0.383 e. The first-order valence-corrected chi connectivity index (χ1v) is 13.1. The van der Waals surface area contributed by atoms with Crippen molar-refractivity contribution < 1.29 is 4.79 Å². The van der Waals surface area contributed by atoms with Crippen molar-refractivity contribution >= 4 is 50.2 Å². The SMILES string of the molecule is CCC(Sc1nc(N)c(C#N)c(-c2ccc(C(C)C)cc2)c1C#N)C(=O)Nc1nc2ccccc2s1. The smallest absolute Gasteiger partial charge is 0.239 e. The average molecular weight is 513 g/mol. The topological polar surface area (TPSA) is 128 Å². The average Bonchev–Trinajstić information content (AvgIpc) is 3.29. The number of aromatic nitrogens is 2. The Kier molecular flexibility index (Phi) is 7.54. The Labute approximate surface area is 218 Å². The predicted molar refractivity (Wildman–Crippen MR) is 146 cm³/mol. The fourth-order valence-corrected chi connectivity index (χ4v) is 5.66. The van der Waals surface area contributed by atoms with E-state index in [1.165, 1.54) is 23.1 Å². The van der Waals surface area contributed by atoms with E-state index in [9.17, 15) is 15.3 Å². The number of benzene rings is 2. The number of nitrogens with two attached hydrogens (primary N) is 1. The van der Waals surface area contributed by atoms with Crippen molar-refractivity contribution in [2.24, 2.45) is 0 Å². The number of hydrogen-bond acceptors (Lipinski definition) is 8. The van der Waals surface area contributed by atoms with Crippen molar-refractivity contribution in [2.45, 2.75) is 43.4 Å². The van der Waals surface area contributed by atoms with E-state index in [1.807, 2.05) is 55.5 Å². The number of nitriles is 2. The molecule has 1 atom stereocenters. The maximum atomic E-state index is 13.1. The van der Waals surface area contributed by atoms with Gasteiger partial charge in [0.05, 0.1) is 21.0 Å². The number of para-hydroxylation sites is 1. The number of rotatable bonds is 7. The second-order valence-corrected chi connectivity index (χ2v) is 10.6. The highest BCUT2D eigenvalue weighted by Gasteiger charge is 2.26. The molecule has 0 aliphatic heterocycles. The zero-order chi connectivity index (χ0) is 25.8. The number of nitrogens with one attached hydrogen (secondary N) is 1. The number of nitrogen functional groups attached to an aromatic ring is 1. The van der Waals surface area contributed by atoms with Crippen LogP contribution in [-0.2, 0) is 4.79 Å². The van der Waals surface area contributed by atoms with Crippen LogP contribution in [0.15, 0.2) is 53.6 Å². The Morgan fingerprint density at radius 1 is 1.08 bits per heavy atom. The second kappa shape index (κ2) is 10.8. The fraction of sp³-hybridized carbons (Fsp3) is 0.222. The molecule has 9 heteroatoms. The molecule has 0 radical (unpaired) electrons. The normalized spacial score (nSPS) is 11.7. The number of amides is 1. The summed E-state index contributed by atoms with van der Waals surface area (Å²) in [6.07, 6.45) is 0.492. The van der Waals surface area contributed by atoms with Crippen LogP contribution in [0.4, 0.5) is 10.9 Å². The van der Waals surface area contributed by atoms with Crippen LogP contribution in [-0.4, -0.2) is 21.1 Å². The maximum absolute atomic E-state index is 13.1. The lowest BCUT2D eigenvalue weighted by atomic mass is 9.94. The molecule has 3 N–H and O–H groups in total. The first-order chi connectivity index (χ1) is 17.4. The van der Waals surface area contributed by atoms with Crippen LogP contribution in [0.3, 0.4) is 0 Å². The van der Waals surface area contributed by atoms with Gasteiger partial charge in [-0.05, 0) is 35.6 Å². The van der Waals surface area contributed by atoms with E-state index in [0.29, 0.717) is 33.6 Å².